The summed E-state index contributed by atoms with van der Waals surface area (Å²) in [7, 11) is 0. The average molecular weight is 341 g/mol. The van der Waals surface area contributed by atoms with Crippen molar-refractivity contribution in [3.8, 4) is 17.3 Å². The number of H-pyrrole nitrogens is 1. The van der Waals surface area contributed by atoms with Gasteiger partial charge in [-0.1, -0.05) is 48.5 Å². The smallest absolute Gasteiger partial charge is 0.268 e. The fourth-order valence-corrected chi connectivity index (χ4v) is 3.09. The van der Waals surface area contributed by atoms with Gasteiger partial charge in [0.05, 0.1) is 22.5 Å². The monoisotopic (exact) mass is 341 g/mol. The van der Waals surface area contributed by atoms with Crippen LogP contribution in [0.25, 0.3) is 11.3 Å². The standard InChI is InChI=1S/C20H11N3O3/c21-11-14-15-16(17(22-18(14)24)12-7-3-1-4-8-12)20(26)23(19(15)25)13-9-5-2-6-10-13/h1-10H,(H,22,24). The van der Waals surface area contributed by atoms with Crippen LogP contribution in [0.3, 0.4) is 0 Å². The minimum Gasteiger partial charge on any atom is -0.320 e. The van der Waals surface area contributed by atoms with Gasteiger partial charge in [0.1, 0.15) is 11.6 Å². The van der Waals surface area contributed by atoms with E-state index in [1.54, 1.807) is 66.7 Å². The van der Waals surface area contributed by atoms with Crippen molar-refractivity contribution in [2.45, 2.75) is 0 Å². The van der Waals surface area contributed by atoms with Crippen molar-refractivity contribution in [3.63, 3.8) is 0 Å². The quantitative estimate of drug-likeness (QED) is 0.725. The van der Waals surface area contributed by atoms with Gasteiger partial charge in [0.15, 0.2) is 0 Å². The Morgan fingerprint density at radius 3 is 2.00 bits per heavy atom. The number of aromatic nitrogens is 1. The molecule has 0 fully saturated rings. The van der Waals surface area contributed by atoms with Crippen molar-refractivity contribution in [2.75, 3.05) is 4.90 Å². The van der Waals surface area contributed by atoms with Crippen molar-refractivity contribution < 1.29 is 9.59 Å². The molecule has 0 bridgehead atoms. The molecule has 26 heavy (non-hydrogen) atoms. The maximum absolute atomic E-state index is 13.1. The number of carbonyl (C=O) groups excluding carboxylic acids is 2. The second-order valence-corrected chi connectivity index (χ2v) is 5.71. The van der Waals surface area contributed by atoms with E-state index < -0.39 is 17.4 Å². The van der Waals surface area contributed by atoms with E-state index in [-0.39, 0.29) is 22.4 Å². The number of hydrogen-bond donors (Lipinski definition) is 1. The summed E-state index contributed by atoms with van der Waals surface area (Å²) in [6, 6.07) is 18.9. The number of nitrogens with zero attached hydrogens (tertiary/aromatic N) is 2. The van der Waals surface area contributed by atoms with E-state index in [1.807, 2.05) is 0 Å². The summed E-state index contributed by atoms with van der Waals surface area (Å²) in [6.07, 6.45) is 0. The molecule has 2 heterocycles. The first-order valence-corrected chi connectivity index (χ1v) is 7.83. The van der Waals surface area contributed by atoms with Crippen LogP contribution in [-0.4, -0.2) is 16.8 Å². The van der Waals surface area contributed by atoms with Crippen molar-refractivity contribution in [1.29, 1.82) is 5.26 Å². The first kappa shape index (κ1) is 15.5. The number of fused-ring (bicyclic) bond motifs is 1. The van der Waals surface area contributed by atoms with Gasteiger partial charge in [0.2, 0.25) is 0 Å². The molecule has 0 saturated carbocycles. The number of rotatable bonds is 2. The van der Waals surface area contributed by atoms with Crippen LogP contribution in [0.4, 0.5) is 5.69 Å². The Hall–Kier alpha value is -3.98. The third kappa shape index (κ3) is 2.15. The summed E-state index contributed by atoms with van der Waals surface area (Å²) in [5, 5.41) is 9.35. The number of carbonyl (C=O) groups is 2. The summed E-state index contributed by atoms with van der Waals surface area (Å²) in [6.45, 7) is 0. The average Bonchev–Trinajstić information content (AvgIpc) is 2.93. The molecular formula is C20H11N3O3. The Bertz CT molecular complexity index is 1140. The molecule has 0 unspecified atom stereocenters. The predicted octanol–water partition coefficient (Wildman–Crippen LogP) is 2.71. The zero-order chi connectivity index (χ0) is 18.3. The maximum Gasteiger partial charge on any atom is 0.268 e. The number of aromatic amines is 1. The molecule has 124 valence electrons. The lowest BCUT2D eigenvalue weighted by atomic mass is 9.99. The van der Waals surface area contributed by atoms with Crippen molar-refractivity contribution in [2.24, 2.45) is 0 Å². The summed E-state index contributed by atoms with van der Waals surface area (Å²) >= 11 is 0. The van der Waals surface area contributed by atoms with Gasteiger partial charge >= 0.3 is 0 Å². The number of pyridine rings is 1. The molecule has 2 amide bonds. The van der Waals surface area contributed by atoms with Crippen LogP contribution in [0.5, 0.6) is 0 Å². The van der Waals surface area contributed by atoms with Crippen LogP contribution in [-0.2, 0) is 0 Å². The lowest BCUT2D eigenvalue weighted by Gasteiger charge is -2.13. The number of anilines is 1. The first-order chi connectivity index (χ1) is 12.6. The normalized spacial score (nSPS) is 12.8. The van der Waals surface area contributed by atoms with E-state index in [0.29, 0.717) is 11.3 Å². The highest BCUT2D eigenvalue weighted by atomic mass is 16.2. The lowest BCUT2D eigenvalue weighted by molar-refractivity contribution is 0.0926. The van der Waals surface area contributed by atoms with Gasteiger partial charge in [-0.05, 0) is 17.7 Å². The van der Waals surface area contributed by atoms with Crippen LogP contribution in [0.1, 0.15) is 26.3 Å². The predicted molar refractivity (Wildman–Crippen MR) is 94.8 cm³/mol. The minimum atomic E-state index is -0.693. The molecule has 0 spiro atoms. The molecule has 0 aliphatic carbocycles. The van der Waals surface area contributed by atoms with Gasteiger partial charge in [0.25, 0.3) is 17.4 Å². The molecule has 6 nitrogen and oxygen atoms in total. The number of para-hydroxylation sites is 1. The minimum absolute atomic E-state index is 0.0428. The lowest BCUT2D eigenvalue weighted by Crippen LogP contribution is -2.29. The topological polar surface area (TPSA) is 94.0 Å². The van der Waals surface area contributed by atoms with Gasteiger partial charge in [0, 0.05) is 0 Å². The summed E-state index contributed by atoms with van der Waals surface area (Å²) in [5.74, 6) is -1.24. The fourth-order valence-electron chi connectivity index (χ4n) is 3.09. The summed E-state index contributed by atoms with van der Waals surface area (Å²) in [4.78, 5) is 41.9. The number of amides is 2. The largest absolute Gasteiger partial charge is 0.320 e. The van der Waals surface area contributed by atoms with Crippen LogP contribution in [0, 0.1) is 11.3 Å². The third-order valence-corrected chi connectivity index (χ3v) is 4.24. The van der Waals surface area contributed by atoms with Crippen molar-refractivity contribution in [3.05, 3.63) is 87.7 Å². The van der Waals surface area contributed by atoms with Crippen LogP contribution < -0.4 is 10.5 Å². The second kappa shape index (κ2) is 5.83. The Labute approximate surface area is 147 Å². The molecule has 0 radical (unpaired) electrons. The molecular weight excluding hydrogens is 330 g/mol. The van der Waals surface area contributed by atoms with Crippen LogP contribution in [0.2, 0.25) is 0 Å². The van der Waals surface area contributed by atoms with Crippen LogP contribution in [0.15, 0.2) is 65.5 Å². The summed E-state index contributed by atoms with van der Waals surface area (Å²) < 4.78 is 0. The molecule has 6 heteroatoms. The highest BCUT2D eigenvalue weighted by Crippen LogP contribution is 2.34. The number of nitriles is 1. The van der Waals surface area contributed by atoms with Crippen molar-refractivity contribution >= 4 is 17.5 Å². The second-order valence-electron chi connectivity index (χ2n) is 5.71. The fraction of sp³-hybridized carbons (Fsp3) is 0. The van der Waals surface area contributed by atoms with Crippen LogP contribution >= 0.6 is 0 Å². The zero-order valence-electron chi connectivity index (χ0n) is 13.4. The Balaban J connectivity index is 2.03. The summed E-state index contributed by atoms with van der Waals surface area (Å²) in [5.41, 5.74) is 0.0552. The van der Waals surface area contributed by atoms with Gasteiger partial charge in [-0.25, -0.2) is 4.90 Å². The highest BCUT2D eigenvalue weighted by Gasteiger charge is 2.42. The molecule has 4 rings (SSSR count). The zero-order valence-corrected chi connectivity index (χ0v) is 13.4. The van der Waals surface area contributed by atoms with Gasteiger partial charge in [-0.15, -0.1) is 0 Å². The number of benzene rings is 2. The van der Waals surface area contributed by atoms with Crippen molar-refractivity contribution in [1.82, 2.24) is 4.98 Å². The van der Waals surface area contributed by atoms with E-state index in [2.05, 4.69) is 4.98 Å². The van der Waals surface area contributed by atoms with E-state index in [9.17, 15) is 19.6 Å². The number of hydrogen-bond acceptors (Lipinski definition) is 4. The van der Waals surface area contributed by atoms with E-state index in [1.165, 1.54) is 0 Å². The molecule has 3 aromatic rings. The number of nitrogens with one attached hydrogen (secondary N) is 1. The van der Waals surface area contributed by atoms with Gasteiger partial charge < -0.3 is 4.98 Å². The molecule has 1 aromatic heterocycles. The maximum atomic E-state index is 13.1. The Kier molecular flexibility index (Phi) is 3.48. The van der Waals surface area contributed by atoms with E-state index in [0.717, 1.165) is 4.90 Å². The first-order valence-electron chi connectivity index (χ1n) is 7.83. The van der Waals surface area contributed by atoms with Gasteiger partial charge in [-0.2, -0.15) is 5.26 Å². The number of imide groups is 1. The van der Waals surface area contributed by atoms with E-state index >= 15 is 0 Å². The van der Waals surface area contributed by atoms with E-state index in [4.69, 9.17) is 0 Å². The third-order valence-electron chi connectivity index (χ3n) is 4.24. The molecule has 2 aromatic carbocycles. The highest BCUT2D eigenvalue weighted by molar-refractivity contribution is 6.36. The SMILES string of the molecule is N#Cc1c2c(c(-c3ccccc3)[nH]c1=O)C(=O)N(c1ccccc1)C2=O. The Morgan fingerprint density at radius 1 is 0.808 bits per heavy atom. The molecule has 1 N–H and O–H groups in total. The molecule has 1 aliphatic heterocycles. The molecule has 0 atom stereocenters. The molecule has 0 saturated heterocycles. The Morgan fingerprint density at radius 2 is 1.38 bits per heavy atom. The van der Waals surface area contributed by atoms with Gasteiger partial charge in [-0.3, -0.25) is 14.4 Å². The molecule has 1 aliphatic rings.